The lowest BCUT2D eigenvalue weighted by Crippen LogP contribution is -2.23. The SMILES string of the molecule is CCNC(=O)c1cc(S(=O)(=O)Cl)c(Br)cc1Cl. The molecule has 0 fully saturated rings. The van der Waals surface area contributed by atoms with Gasteiger partial charge in [-0.2, -0.15) is 0 Å². The number of amides is 1. The summed E-state index contributed by atoms with van der Waals surface area (Å²) in [5.74, 6) is -0.452. The zero-order chi connectivity index (χ0) is 13.2. The van der Waals surface area contributed by atoms with E-state index in [4.69, 9.17) is 22.3 Å². The second kappa shape index (κ2) is 5.56. The normalized spacial score (nSPS) is 11.3. The smallest absolute Gasteiger partial charge is 0.262 e. The Bertz CT molecular complexity index is 560. The summed E-state index contributed by atoms with van der Waals surface area (Å²) in [7, 11) is 1.30. The van der Waals surface area contributed by atoms with Gasteiger partial charge in [-0.1, -0.05) is 11.6 Å². The van der Waals surface area contributed by atoms with Crippen molar-refractivity contribution >= 4 is 53.2 Å². The Morgan fingerprint density at radius 2 is 2.06 bits per heavy atom. The summed E-state index contributed by atoms with van der Waals surface area (Å²) in [6, 6.07) is 2.46. The Kier molecular flexibility index (Phi) is 4.83. The van der Waals surface area contributed by atoms with Crippen molar-refractivity contribution in [3.05, 3.63) is 27.2 Å². The van der Waals surface area contributed by atoms with Crippen molar-refractivity contribution in [3.63, 3.8) is 0 Å². The standard InChI is InChI=1S/C9H8BrCl2NO3S/c1-2-13-9(14)5-3-8(17(12,15)16)6(10)4-7(5)11/h3-4H,2H2,1H3,(H,13,14). The number of nitrogens with one attached hydrogen (secondary N) is 1. The Morgan fingerprint density at radius 1 is 1.47 bits per heavy atom. The quantitative estimate of drug-likeness (QED) is 0.843. The number of hydrogen-bond acceptors (Lipinski definition) is 3. The summed E-state index contributed by atoms with van der Waals surface area (Å²) in [6.45, 7) is 2.15. The molecule has 0 saturated heterocycles. The first-order valence-electron chi connectivity index (χ1n) is 4.49. The molecule has 94 valence electrons. The second-order valence-electron chi connectivity index (χ2n) is 3.06. The molecule has 0 aliphatic rings. The third-order valence-electron chi connectivity index (χ3n) is 1.87. The van der Waals surface area contributed by atoms with Crippen molar-refractivity contribution in [2.75, 3.05) is 6.54 Å². The molecule has 0 bridgehead atoms. The molecule has 0 spiro atoms. The van der Waals surface area contributed by atoms with E-state index in [-0.39, 0.29) is 20.0 Å². The number of rotatable bonds is 3. The van der Waals surface area contributed by atoms with E-state index in [2.05, 4.69) is 21.2 Å². The van der Waals surface area contributed by atoms with Gasteiger partial charge in [-0.25, -0.2) is 8.42 Å². The molecule has 4 nitrogen and oxygen atoms in total. The van der Waals surface area contributed by atoms with E-state index >= 15 is 0 Å². The zero-order valence-electron chi connectivity index (χ0n) is 8.63. The minimum Gasteiger partial charge on any atom is -0.352 e. The maximum absolute atomic E-state index is 11.6. The maximum Gasteiger partial charge on any atom is 0.262 e. The van der Waals surface area contributed by atoms with Gasteiger partial charge in [0.1, 0.15) is 0 Å². The third-order valence-corrected chi connectivity index (χ3v) is 4.46. The van der Waals surface area contributed by atoms with E-state index in [1.54, 1.807) is 6.92 Å². The van der Waals surface area contributed by atoms with Crippen LogP contribution in [0.3, 0.4) is 0 Å². The molecule has 1 aromatic carbocycles. The van der Waals surface area contributed by atoms with Crippen LogP contribution in [-0.2, 0) is 9.05 Å². The molecule has 8 heteroatoms. The lowest BCUT2D eigenvalue weighted by Gasteiger charge is -2.08. The Hall–Kier alpha value is -0.300. The van der Waals surface area contributed by atoms with Crippen molar-refractivity contribution in [3.8, 4) is 0 Å². The van der Waals surface area contributed by atoms with E-state index in [0.717, 1.165) is 6.07 Å². The minimum absolute atomic E-state index is 0.0657. The molecule has 0 atom stereocenters. The topological polar surface area (TPSA) is 63.2 Å². The van der Waals surface area contributed by atoms with Crippen LogP contribution in [0.4, 0.5) is 0 Å². The molecule has 1 amide bonds. The molecule has 0 radical (unpaired) electrons. The summed E-state index contributed by atoms with van der Waals surface area (Å²) in [4.78, 5) is 11.4. The summed E-state index contributed by atoms with van der Waals surface area (Å²) >= 11 is 8.88. The molecule has 0 aliphatic heterocycles. The molecular formula is C9H8BrCl2NO3S. The lowest BCUT2D eigenvalue weighted by molar-refractivity contribution is 0.0955. The van der Waals surface area contributed by atoms with Gasteiger partial charge in [-0.05, 0) is 35.0 Å². The van der Waals surface area contributed by atoms with Crippen LogP contribution in [0.2, 0.25) is 5.02 Å². The largest absolute Gasteiger partial charge is 0.352 e. The molecule has 1 N–H and O–H groups in total. The fourth-order valence-electron chi connectivity index (χ4n) is 1.15. The van der Waals surface area contributed by atoms with Crippen LogP contribution in [0.25, 0.3) is 0 Å². The Labute approximate surface area is 117 Å². The van der Waals surface area contributed by atoms with Gasteiger partial charge in [0, 0.05) is 21.7 Å². The second-order valence-corrected chi connectivity index (χ2v) is 6.86. The summed E-state index contributed by atoms with van der Waals surface area (Å²) < 4.78 is 22.7. The summed E-state index contributed by atoms with van der Waals surface area (Å²) in [5.41, 5.74) is 0.0657. The highest BCUT2D eigenvalue weighted by Crippen LogP contribution is 2.30. The van der Waals surface area contributed by atoms with Gasteiger partial charge in [0.2, 0.25) is 0 Å². The number of carbonyl (C=O) groups is 1. The van der Waals surface area contributed by atoms with Crippen molar-refractivity contribution in [1.29, 1.82) is 0 Å². The average Bonchev–Trinajstić information content (AvgIpc) is 2.15. The number of benzene rings is 1. The molecule has 0 aromatic heterocycles. The number of carbonyl (C=O) groups excluding carboxylic acids is 1. The monoisotopic (exact) mass is 359 g/mol. The van der Waals surface area contributed by atoms with Crippen molar-refractivity contribution in [1.82, 2.24) is 5.32 Å². The predicted octanol–water partition coefficient (Wildman–Crippen LogP) is 2.78. The fraction of sp³-hybridized carbons (Fsp3) is 0.222. The highest BCUT2D eigenvalue weighted by molar-refractivity contribution is 9.10. The first-order chi connectivity index (χ1) is 7.77. The minimum atomic E-state index is -3.93. The molecule has 0 saturated carbocycles. The molecular weight excluding hydrogens is 353 g/mol. The van der Waals surface area contributed by atoms with E-state index in [1.165, 1.54) is 6.07 Å². The molecule has 0 unspecified atom stereocenters. The van der Waals surface area contributed by atoms with Crippen LogP contribution in [0.1, 0.15) is 17.3 Å². The number of hydrogen-bond donors (Lipinski definition) is 1. The summed E-state index contributed by atoms with van der Waals surface area (Å²) in [6.07, 6.45) is 0. The molecule has 0 aliphatic carbocycles. The molecule has 17 heavy (non-hydrogen) atoms. The van der Waals surface area contributed by atoms with Crippen LogP contribution in [0.15, 0.2) is 21.5 Å². The maximum atomic E-state index is 11.6. The molecule has 1 rings (SSSR count). The van der Waals surface area contributed by atoms with Gasteiger partial charge in [0.05, 0.1) is 15.5 Å². The van der Waals surface area contributed by atoms with Crippen LogP contribution in [0, 0.1) is 0 Å². The van der Waals surface area contributed by atoms with Gasteiger partial charge in [0.25, 0.3) is 15.0 Å². The van der Waals surface area contributed by atoms with E-state index in [1.807, 2.05) is 0 Å². The lowest BCUT2D eigenvalue weighted by atomic mass is 10.2. The van der Waals surface area contributed by atoms with Crippen LogP contribution >= 0.6 is 38.2 Å². The predicted molar refractivity (Wildman–Crippen MR) is 70.2 cm³/mol. The zero-order valence-corrected chi connectivity index (χ0v) is 12.5. The first kappa shape index (κ1) is 14.8. The third kappa shape index (κ3) is 3.58. The average molecular weight is 361 g/mol. The Morgan fingerprint density at radius 3 is 2.53 bits per heavy atom. The fourth-order valence-corrected chi connectivity index (χ4v) is 3.72. The van der Waals surface area contributed by atoms with Crippen LogP contribution in [-0.4, -0.2) is 20.9 Å². The van der Waals surface area contributed by atoms with Gasteiger partial charge in [-0.3, -0.25) is 4.79 Å². The molecule has 0 heterocycles. The van der Waals surface area contributed by atoms with Gasteiger partial charge < -0.3 is 5.32 Å². The summed E-state index contributed by atoms with van der Waals surface area (Å²) in [5, 5.41) is 2.67. The van der Waals surface area contributed by atoms with Crippen molar-refractivity contribution in [2.24, 2.45) is 0 Å². The van der Waals surface area contributed by atoms with E-state index in [9.17, 15) is 13.2 Å². The van der Waals surface area contributed by atoms with Gasteiger partial charge in [0.15, 0.2) is 0 Å². The first-order valence-corrected chi connectivity index (χ1v) is 7.97. The molecule has 1 aromatic rings. The van der Waals surface area contributed by atoms with Crippen LogP contribution in [0.5, 0.6) is 0 Å². The van der Waals surface area contributed by atoms with E-state index in [0.29, 0.717) is 6.54 Å². The Balaban J connectivity index is 3.39. The van der Waals surface area contributed by atoms with Crippen molar-refractivity contribution < 1.29 is 13.2 Å². The number of halogens is 3. The van der Waals surface area contributed by atoms with Gasteiger partial charge in [-0.15, -0.1) is 0 Å². The van der Waals surface area contributed by atoms with Crippen LogP contribution < -0.4 is 5.32 Å². The highest BCUT2D eigenvalue weighted by atomic mass is 79.9. The van der Waals surface area contributed by atoms with E-state index < -0.39 is 15.0 Å². The van der Waals surface area contributed by atoms with Crippen molar-refractivity contribution in [2.45, 2.75) is 11.8 Å². The van der Waals surface area contributed by atoms with Gasteiger partial charge >= 0.3 is 0 Å². The highest BCUT2D eigenvalue weighted by Gasteiger charge is 2.20.